The summed E-state index contributed by atoms with van der Waals surface area (Å²) < 4.78 is 33.1. The zero-order valence-electron chi connectivity index (χ0n) is 30.7. The van der Waals surface area contributed by atoms with Gasteiger partial charge in [0.2, 0.25) is 5.78 Å². The number of hydrogen-bond donors (Lipinski definition) is 1. The number of carbonyl (C=O) groups is 1. The molecule has 280 valence electrons. The van der Waals surface area contributed by atoms with Gasteiger partial charge in [0, 0.05) is 5.56 Å². The van der Waals surface area contributed by atoms with Crippen LogP contribution < -0.4 is 0 Å². The Bertz CT molecular complexity index is 2040. The highest BCUT2D eigenvalue weighted by molar-refractivity contribution is 6.03. The van der Waals surface area contributed by atoms with Crippen LogP contribution in [-0.4, -0.2) is 47.7 Å². The van der Waals surface area contributed by atoms with Gasteiger partial charge >= 0.3 is 0 Å². The van der Waals surface area contributed by atoms with E-state index in [1.54, 1.807) is 12.1 Å². The van der Waals surface area contributed by atoms with Crippen molar-refractivity contribution < 1.29 is 33.6 Å². The van der Waals surface area contributed by atoms with Gasteiger partial charge in [-0.3, -0.25) is 4.79 Å². The lowest BCUT2D eigenvalue weighted by Gasteiger charge is -2.49. The highest BCUT2D eigenvalue weighted by Gasteiger charge is 2.60. The Kier molecular flexibility index (Phi) is 13.1. The Morgan fingerprint density at radius 2 is 0.927 bits per heavy atom. The quantitative estimate of drug-likeness (QED) is 0.0942. The average molecular weight is 735 g/mol. The first-order chi connectivity index (χ1) is 27.1. The number of carbonyl (C=O) groups excluding carboxylic acids is 1. The molecule has 1 saturated heterocycles. The molecule has 6 aromatic carbocycles. The SMILES string of the molecule is O=C(c1ccccc1Cc1ccccc1)[C@]1(O)O[C@H](COCc2ccccc2)[C@@H](OCc2ccccc2)[C@H](OCc2ccccc2)[C@H]1OCc1ccccc1. The van der Waals surface area contributed by atoms with Crippen molar-refractivity contribution in [3.63, 3.8) is 0 Å². The summed E-state index contributed by atoms with van der Waals surface area (Å²) in [5.41, 5.74) is 5.80. The zero-order chi connectivity index (χ0) is 37.7. The van der Waals surface area contributed by atoms with E-state index in [1.807, 2.05) is 164 Å². The maximum absolute atomic E-state index is 15.1. The Balaban J connectivity index is 1.29. The van der Waals surface area contributed by atoms with Gasteiger partial charge in [0.15, 0.2) is 0 Å². The molecule has 0 radical (unpaired) electrons. The number of hydrogen-bond acceptors (Lipinski definition) is 7. The minimum absolute atomic E-state index is 0.00616. The molecule has 0 spiro atoms. The standard InChI is InChI=1S/C48H46O7/c49-46(42-29-17-16-28-41(42)30-36-18-6-1-7-19-36)48(50)47(54-34-40-26-14-5-15-27-40)45(53-33-39-24-12-4-13-25-39)44(52-32-38-22-10-3-11-23-38)43(55-48)35-51-31-37-20-8-2-9-21-37/h1-29,43-45,47,50H,30-35H2/t43-,44-,45+,47-,48+/m1/s1. The summed E-state index contributed by atoms with van der Waals surface area (Å²) in [5, 5.41) is 13.0. The van der Waals surface area contributed by atoms with Gasteiger partial charge in [0.05, 0.1) is 33.0 Å². The van der Waals surface area contributed by atoms with E-state index < -0.39 is 36.0 Å². The smallest absolute Gasteiger partial charge is 0.261 e. The topological polar surface area (TPSA) is 83.5 Å². The van der Waals surface area contributed by atoms with Crippen molar-refractivity contribution >= 4 is 5.78 Å². The number of ether oxygens (including phenoxy) is 5. The molecule has 0 bridgehead atoms. The van der Waals surface area contributed by atoms with Crippen molar-refractivity contribution in [1.82, 2.24) is 0 Å². The van der Waals surface area contributed by atoms with Crippen LogP contribution in [0.3, 0.4) is 0 Å². The largest absolute Gasteiger partial charge is 0.374 e. The molecule has 0 amide bonds. The summed E-state index contributed by atoms with van der Waals surface area (Å²) in [6, 6.07) is 56.3. The minimum atomic E-state index is -2.49. The number of Topliss-reactive ketones (excluding diaryl/α,β-unsaturated/α-hetero) is 1. The van der Waals surface area contributed by atoms with Crippen LogP contribution in [0.2, 0.25) is 0 Å². The number of ketones is 1. The van der Waals surface area contributed by atoms with Crippen molar-refractivity contribution in [1.29, 1.82) is 0 Å². The summed E-state index contributed by atoms with van der Waals surface area (Å²) in [6.45, 7) is 0.789. The second kappa shape index (κ2) is 18.9. The first-order valence-corrected chi connectivity index (χ1v) is 18.7. The first kappa shape index (κ1) is 38.0. The molecule has 5 atom stereocenters. The third-order valence-electron chi connectivity index (χ3n) is 9.77. The van der Waals surface area contributed by atoms with E-state index >= 15 is 4.79 Å². The van der Waals surface area contributed by atoms with E-state index in [4.69, 9.17) is 23.7 Å². The molecule has 0 saturated carbocycles. The number of benzene rings is 6. The summed E-state index contributed by atoms with van der Waals surface area (Å²) in [5.74, 6) is -3.11. The zero-order valence-corrected chi connectivity index (χ0v) is 30.7. The van der Waals surface area contributed by atoms with Gasteiger partial charge in [-0.2, -0.15) is 0 Å². The van der Waals surface area contributed by atoms with Gasteiger partial charge in [0.1, 0.15) is 24.4 Å². The normalized spacial score (nSPS) is 20.9. The summed E-state index contributed by atoms with van der Waals surface area (Å²) in [6.07, 6.45) is -3.54. The Hall–Kier alpha value is -5.25. The molecule has 1 aliphatic heterocycles. The lowest BCUT2D eigenvalue weighted by molar-refractivity contribution is -0.347. The molecule has 7 nitrogen and oxygen atoms in total. The van der Waals surface area contributed by atoms with Crippen LogP contribution in [0.5, 0.6) is 0 Å². The van der Waals surface area contributed by atoms with Crippen LogP contribution in [0, 0.1) is 0 Å². The van der Waals surface area contributed by atoms with Crippen LogP contribution in [0.15, 0.2) is 176 Å². The fourth-order valence-corrected chi connectivity index (χ4v) is 6.94. The van der Waals surface area contributed by atoms with Crippen LogP contribution >= 0.6 is 0 Å². The van der Waals surface area contributed by atoms with E-state index in [0.29, 0.717) is 18.6 Å². The predicted octanol–water partition coefficient (Wildman–Crippen LogP) is 8.52. The van der Waals surface area contributed by atoms with Gasteiger partial charge < -0.3 is 28.8 Å². The van der Waals surface area contributed by atoms with Crippen LogP contribution in [0.4, 0.5) is 0 Å². The highest BCUT2D eigenvalue weighted by atomic mass is 16.7. The molecule has 7 heteroatoms. The molecule has 7 rings (SSSR count). The Morgan fingerprint density at radius 1 is 0.509 bits per heavy atom. The van der Waals surface area contributed by atoms with Gasteiger partial charge in [-0.1, -0.05) is 176 Å². The molecule has 0 aromatic heterocycles. The fraction of sp³-hybridized carbons (Fsp3) is 0.229. The van der Waals surface area contributed by atoms with Crippen LogP contribution in [-0.2, 0) is 56.5 Å². The number of rotatable bonds is 17. The molecule has 1 fully saturated rings. The molecule has 55 heavy (non-hydrogen) atoms. The maximum Gasteiger partial charge on any atom is 0.261 e. The van der Waals surface area contributed by atoms with E-state index in [1.165, 1.54) is 0 Å². The third-order valence-corrected chi connectivity index (χ3v) is 9.77. The average Bonchev–Trinajstić information content (AvgIpc) is 3.24. The molecular formula is C48H46O7. The van der Waals surface area contributed by atoms with Gasteiger partial charge in [-0.25, -0.2) is 0 Å². The molecule has 1 aliphatic rings. The summed E-state index contributed by atoms with van der Waals surface area (Å²) >= 11 is 0. The Labute approximate surface area is 323 Å². The number of aliphatic hydroxyl groups is 1. The molecule has 0 aliphatic carbocycles. The second-order valence-electron chi connectivity index (χ2n) is 13.7. The first-order valence-electron chi connectivity index (χ1n) is 18.7. The van der Waals surface area contributed by atoms with E-state index in [-0.39, 0.29) is 26.4 Å². The van der Waals surface area contributed by atoms with Crippen molar-refractivity contribution in [2.45, 2.75) is 63.1 Å². The lowest BCUT2D eigenvalue weighted by Crippen LogP contribution is -2.70. The van der Waals surface area contributed by atoms with E-state index in [2.05, 4.69) is 0 Å². The van der Waals surface area contributed by atoms with Gasteiger partial charge in [0.25, 0.3) is 5.79 Å². The fourth-order valence-electron chi connectivity index (χ4n) is 6.94. The summed E-state index contributed by atoms with van der Waals surface area (Å²) in [4.78, 5) is 15.1. The minimum Gasteiger partial charge on any atom is -0.374 e. The molecule has 0 unspecified atom stereocenters. The molecule has 1 heterocycles. The van der Waals surface area contributed by atoms with Crippen molar-refractivity contribution in [2.24, 2.45) is 0 Å². The van der Waals surface area contributed by atoms with Crippen LogP contribution in [0.25, 0.3) is 0 Å². The van der Waals surface area contributed by atoms with Crippen molar-refractivity contribution in [2.75, 3.05) is 6.61 Å². The van der Waals surface area contributed by atoms with Crippen molar-refractivity contribution in [3.05, 3.63) is 215 Å². The maximum atomic E-state index is 15.1. The second-order valence-corrected chi connectivity index (χ2v) is 13.7. The molecule has 1 N–H and O–H groups in total. The summed E-state index contributed by atoms with van der Waals surface area (Å²) in [7, 11) is 0. The van der Waals surface area contributed by atoms with Gasteiger partial charge in [-0.05, 0) is 39.8 Å². The molecule has 6 aromatic rings. The third kappa shape index (κ3) is 9.90. The van der Waals surface area contributed by atoms with Crippen molar-refractivity contribution in [3.8, 4) is 0 Å². The predicted molar refractivity (Wildman–Crippen MR) is 211 cm³/mol. The van der Waals surface area contributed by atoms with E-state index in [0.717, 1.165) is 33.4 Å². The van der Waals surface area contributed by atoms with E-state index in [9.17, 15) is 5.11 Å². The lowest BCUT2D eigenvalue weighted by atomic mass is 9.85. The van der Waals surface area contributed by atoms with Crippen LogP contribution in [0.1, 0.15) is 43.7 Å². The molecular weight excluding hydrogens is 689 g/mol. The highest BCUT2D eigenvalue weighted by Crippen LogP contribution is 2.38. The monoisotopic (exact) mass is 734 g/mol. The Morgan fingerprint density at radius 3 is 1.45 bits per heavy atom. The van der Waals surface area contributed by atoms with Gasteiger partial charge in [-0.15, -0.1) is 0 Å².